The first-order valence-corrected chi connectivity index (χ1v) is 6.88. The summed E-state index contributed by atoms with van der Waals surface area (Å²) in [4.78, 5) is 8.80. The molecule has 0 radical (unpaired) electrons. The molecule has 18 heavy (non-hydrogen) atoms. The molecule has 4 heteroatoms. The summed E-state index contributed by atoms with van der Waals surface area (Å²) in [6, 6.07) is 8.21. The van der Waals surface area contributed by atoms with Crippen LogP contribution in [0.5, 0.6) is 0 Å². The molecule has 94 valence electrons. The van der Waals surface area contributed by atoms with Gasteiger partial charge in [-0.3, -0.25) is 4.98 Å². The zero-order valence-electron chi connectivity index (χ0n) is 10.7. The minimum Gasteiger partial charge on any atom is -0.325 e. The van der Waals surface area contributed by atoms with Crippen molar-refractivity contribution in [3.05, 3.63) is 53.0 Å². The van der Waals surface area contributed by atoms with E-state index in [1.54, 1.807) is 18.0 Å². The summed E-state index contributed by atoms with van der Waals surface area (Å²) < 4.78 is 0. The molecule has 0 bridgehead atoms. The van der Waals surface area contributed by atoms with Gasteiger partial charge < -0.3 is 5.73 Å². The van der Waals surface area contributed by atoms with Crippen LogP contribution in [-0.2, 0) is 12.3 Å². The van der Waals surface area contributed by atoms with Gasteiger partial charge in [0.15, 0.2) is 0 Å². The van der Waals surface area contributed by atoms with Gasteiger partial charge >= 0.3 is 0 Å². The van der Waals surface area contributed by atoms with Crippen molar-refractivity contribution in [2.45, 2.75) is 31.2 Å². The number of rotatable bonds is 4. The topological polar surface area (TPSA) is 51.8 Å². The van der Waals surface area contributed by atoms with Crippen molar-refractivity contribution in [2.24, 2.45) is 5.73 Å². The van der Waals surface area contributed by atoms with Gasteiger partial charge in [0.2, 0.25) is 0 Å². The number of thioether (sulfide) groups is 1. The lowest BCUT2D eigenvalue weighted by Crippen LogP contribution is -2.03. The Morgan fingerprint density at radius 2 is 2.11 bits per heavy atom. The van der Waals surface area contributed by atoms with Crippen LogP contribution in [-0.4, -0.2) is 9.97 Å². The first-order valence-electron chi connectivity index (χ1n) is 5.90. The fraction of sp³-hybridized carbons (Fsp3) is 0.286. The molecule has 2 rings (SSSR count). The highest BCUT2D eigenvalue weighted by Crippen LogP contribution is 2.23. The molecular weight excluding hydrogens is 242 g/mol. The quantitative estimate of drug-likeness (QED) is 0.858. The number of nitrogens with two attached hydrogens (primary N) is 1. The van der Waals surface area contributed by atoms with Crippen molar-refractivity contribution in [3.8, 4) is 0 Å². The highest BCUT2D eigenvalue weighted by Gasteiger charge is 2.04. The van der Waals surface area contributed by atoms with E-state index in [-0.39, 0.29) is 0 Å². The standard InChI is InChI=1S/C14H17N3S/c1-10-6-11(2)17-14(7-10)18-9-12-4-3-5-16-13(12)8-15/h3-7H,8-9,15H2,1-2H3. The predicted molar refractivity (Wildman–Crippen MR) is 75.4 cm³/mol. The third kappa shape index (κ3) is 3.31. The molecule has 0 unspecified atom stereocenters. The number of hydrogen-bond acceptors (Lipinski definition) is 4. The highest BCUT2D eigenvalue weighted by atomic mass is 32.2. The van der Waals surface area contributed by atoms with E-state index < -0.39 is 0 Å². The zero-order valence-corrected chi connectivity index (χ0v) is 11.5. The van der Waals surface area contributed by atoms with E-state index in [1.807, 2.05) is 13.0 Å². The Hall–Kier alpha value is -1.39. The second-order valence-corrected chi connectivity index (χ2v) is 5.22. The second kappa shape index (κ2) is 5.98. The van der Waals surface area contributed by atoms with Gasteiger partial charge in [0.1, 0.15) is 0 Å². The Labute approximate surface area is 112 Å². The molecule has 0 aromatic carbocycles. The molecule has 0 amide bonds. The first kappa shape index (κ1) is 13.1. The van der Waals surface area contributed by atoms with Crippen molar-refractivity contribution < 1.29 is 0 Å². The van der Waals surface area contributed by atoms with Crippen LogP contribution >= 0.6 is 11.8 Å². The van der Waals surface area contributed by atoms with Gasteiger partial charge in [-0.05, 0) is 43.2 Å². The van der Waals surface area contributed by atoms with Crippen molar-refractivity contribution in [1.29, 1.82) is 0 Å². The maximum Gasteiger partial charge on any atom is 0.0968 e. The van der Waals surface area contributed by atoms with Gasteiger partial charge in [-0.1, -0.05) is 6.07 Å². The summed E-state index contributed by atoms with van der Waals surface area (Å²) in [5, 5.41) is 1.05. The number of nitrogens with zero attached hydrogens (tertiary/aromatic N) is 2. The van der Waals surface area contributed by atoms with Gasteiger partial charge in [-0.15, -0.1) is 11.8 Å². The van der Waals surface area contributed by atoms with Crippen LogP contribution in [0.1, 0.15) is 22.5 Å². The molecule has 0 aliphatic rings. The molecule has 0 saturated heterocycles. The summed E-state index contributed by atoms with van der Waals surface area (Å²) in [5.41, 5.74) is 10.1. The van der Waals surface area contributed by atoms with E-state index in [0.29, 0.717) is 6.54 Å². The van der Waals surface area contributed by atoms with Crippen molar-refractivity contribution in [1.82, 2.24) is 9.97 Å². The van der Waals surface area contributed by atoms with Gasteiger partial charge in [-0.25, -0.2) is 4.98 Å². The van der Waals surface area contributed by atoms with E-state index in [2.05, 4.69) is 35.1 Å². The van der Waals surface area contributed by atoms with E-state index >= 15 is 0 Å². The van der Waals surface area contributed by atoms with Crippen molar-refractivity contribution in [2.75, 3.05) is 0 Å². The smallest absolute Gasteiger partial charge is 0.0968 e. The van der Waals surface area contributed by atoms with E-state index in [9.17, 15) is 0 Å². The largest absolute Gasteiger partial charge is 0.325 e. The molecule has 2 N–H and O–H groups in total. The molecule has 2 aromatic heterocycles. The molecule has 2 heterocycles. The van der Waals surface area contributed by atoms with Crippen LogP contribution in [0.2, 0.25) is 0 Å². The minimum absolute atomic E-state index is 0.483. The maximum absolute atomic E-state index is 5.68. The Balaban J connectivity index is 2.11. The average molecular weight is 259 g/mol. The third-order valence-corrected chi connectivity index (χ3v) is 3.59. The average Bonchev–Trinajstić information content (AvgIpc) is 2.35. The number of hydrogen-bond donors (Lipinski definition) is 1. The van der Waals surface area contributed by atoms with E-state index in [4.69, 9.17) is 5.73 Å². The Kier molecular flexibility index (Phi) is 4.33. The molecule has 0 aliphatic heterocycles. The Morgan fingerprint density at radius 3 is 2.83 bits per heavy atom. The fourth-order valence-corrected chi connectivity index (χ4v) is 2.86. The Bertz CT molecular complexity index is 520. The zero-order chi connectivity index (χ0) is 13.0. The van der Waals surface area contributed by atoms with E-state index in [1.165, 1.54) is 11.1 Å². The lowest BCUT2D eigenvalue weighted by Gasteiger charge is -2.07. The Morgan fingerprint density at radius 1 is 1.28 bits per heavy atom. The van der Waals surface area contributed by atoms with Crippen LogP contribution in [0.15, 0.2) is 35.5 Å². The molecule has 0 atom stereocenters. The molecule has 0 fully saturated rings. The molecule has 0 saturated carbocycles. The van der Waals surface area contributed by atoms with Gasteiger partial charge in [-0.2, -0.15) is 0 Å². The monoisotopic (exact) mass is 259 g/mol. The summed E-state index contributed by atoms with van der Waals surface area (Å²) in [7, 11) is 0. The summed E-state index contributed by atoms with van der Waals surface area (Å²) in [5.74, 6) is 0.857. The third-order valence-electron chi connectivity index (χ3n) is 2.63. The fourth-order valence-electron chi connectivity index (χ4n) is 1.82. The van der Waals surface area contributed by atoms with Gasteiger partial charge in [0.25, 0.3) is 0 Å². The number of pyridine rings is 2. The molecular formula is C14H17N3S. The van der Waals surface area contributed by atoms with Crippen LogP contribution in [0.3, 0.4) is 0 Å². The SMILES string of the molecule is Cc1cc(C)nc(SCc2cccnc2CN)c1. The molecule has 3 nitrogen and oxygen atoms in total. The van der Waals surface area contributed by atoms with Crippen LogP contribution in [0, 0.1) is 13.8 Å². The number of aromatic nitrogens is 2. The molecule has 0 aliphatic carbocycles. The normalized spacial score (nSPS) is 10.6. The molecule has 2 aromatic rings. The predicted octanol–water partition coefficient (Wildman–Crippen LogP) is 2.84. The second-order valence-electron chi connectivity index (χ2n) is 4.23. The summed E-state index contributed by atoms with van der Waals surface area (Å²) >= 11 is 1.72. The lowest BCUT2D eigenvalue weighted by atomic mass is 10.2. The molecule has 0 spiro atoms. The van der Waals surface area contributed by atoms with Crippen LogP contribution in [0.4, 0.5) is 0 Å². The minimum atomic E-state index is 0.483. The van der Waals surface area contributed by atoms with Crippen molar-refractivity contribution in [3.63, 3.8) is 0 Å². The highest BCUT2D eigenvalue weighted by molar-refractivity contribution is 7.98. The summed E-state index contributed by atoms with van der Waals surface area (Å²) in [6.45, 7) is 4.59. The van der Waals surface area contributed by atoms with Gasteiger partial charge in [0.05, 0.1) is 10.7 Å². The lowest BCUT2D eigenvalue weighted by molar-refractivity contribution is 0.963. The maximum atomic E-state index is 5.68. The van der Waals surface area contributed by atoms with Crippen molar-refractivity contribution >= 4 is 11.8 Å². The number of aryl methyl sites for hydroxylation is 2. The van der Waals surface area contributed by atoms with Crippen LogP contribution < -0.4 is 5.73 Å². The summed E-state index contributed by atoms with van der Waals surface area (Å²) in [6.07, 6.45) is 1.78. The van der Waals surface area contributed by atoms with Gasteiger partial charge in [0, 0.05) is 24.2 Å². The first-order chi connectivity index (χ1) is 8.69. The van der Waals surface area contributed by atoms with E-state index in [0.717, 1.165) is 22.2 Å². The van der Waals surface area contributed by atoms with Crippen LogP contribution in [0.25, 0.3) is 0 Å².